The van der Waals surface area contributed by atoms with Crippen LogP contribution in [0, 0.1) is 0 Å². The van der Waals surface area contributed by atoms with E-state index in [2.05, 4.69) is 0 Å². The van der Waals surface area contributed by atoms with Crippen molar-refractivity contribution < 1.29 is 56.8 Å². The van der Waals surface area contributed by atoms with Crippen LogP contribution in [0.3, 0.4) is 0 Å². The van der Waals surface area contributed by atoms with Crippen molar-refractivity contribution in [2.75, 3.05) is 0 Å². The zero-order valence-corrected chi connectivity index (χ0v) is 7.34. The topological polar surface area (TPSA) is 0 Å². The fourth-order valence-corrected chi connectivity index (χ4v) is 0. The molecule has 4 heteroatoms. The van der Waals surface area contributed by atoms with Gasteiger partial charge in [-0.1, -0.05) is 0 Å². The Kier molecular flexibility index (Phi) is 153. The first-order valence-electron chi connectivity index (χ1n) is 0. The van der Waals surface area contributed by atoms with E-state index in [4.69, 9.17) is 0 Å². The third-order valence-electron chi connectivity index (χ3n) is 0. The zero-order valence-electron chi connectivity index (χ0n) is 1.64. The summed E-state index contributed by atoms with van der Waals surface area (Å²) in [6.07, 6.45) is 0. The van der Waals surface area contributed by atoms with Crippen molar-refractivity contribution in [3.05, 3.63) is 0 Å². The quantitative estimate of drug-likeness (QED) is 0.531. The summed E-state index contributed by atoms with van der Waals surface area (Å²) in [4.78, 5) is 0. The Labute approximate surface area is 73.3 Å². The van der Waals surface area contributed by atoms with Crippen molar-refractivity contribution >= 4 is 17.4 Å². The molecule has 0 bridgehead atoms. The normalized spacial score (nSPS) is 0. The van der Waals surface area contributed by atoms with Crippen molar-refractivity contribution in [3.8, 4) is 0 Å². The standard InChI is InChI=1S/Al.Au.Cr.Fe. The summed E-state index contributed by atoms with van der Waals surface area (Å²) in [5.74, 6) is 0. The van der Waals surface area contributed by atoms with Gasteiger partial charge in [-0.2, -0.15) is 0 Å². The first kappa shape index (κ1) is 33.2. The smallest absolute Gasteiger partial charge is 0 e. The molecule has 4 radical (unpaired) electrons. The van der Waals surface area contributed by atoms with Crippen LogP contribution in [0.15, 0.2) is 0 Å². The molecular weight excluding hydrogens is 332 g/mol. The number of hydrogen-bond acceptors (Lipinski definition) is 0. The van der Waals surface area contributed by atoms with Crippen LogP contribution < -0.4 is 0 Å². The van der Waals surface area contributed by atoms with Crippen molar-refractivity contribution in [1.82, 2.24) is 0 Å². The van der Waals surface area contributed by atoms with Crippen LogP contribution in [0.1, 0.15) is 0 Å². The maximum Gasteiger partial charge on any atom is 0 e. The molecule has 0 aliphatic heterocycles. The van der Waals surface area contributed by atoms with Gasteiger partial charge in [0.25, 0.3) is 0 Å². The predicted molar refractivity (Wildman–Crippen MR) is 5.75 cm³/mol. The molecule has 0 spiro atoms. The van der Waals surface area contributed by atoms with E-state index in [-0.39, 0.29) is 74.2 Å². The molecule has 28 valence electrons. The fraction of sp³-hybridized carbons (Fsp3) is 0. The summed E-state index contributed by atoms with van der Waals surface area (Å²) < 4.78 is 0. The van der Waals surface area contributed by atoms with Crippen LogP contribution in [0.2, 0.25) is 0 Å². The maximum absolute atomic E-state index is 0. The second kappa shape index (κ2) is 18.4. The second-order valence-corrected chi connectivity index (χ2v) is 0. The molecule has 0 aliphatic rings. The predicted octanol–water partition coefficient (Wildman–Crippen LogP) is -0.388. The Morgan fingerprint density at radius 3 is 1.00 bits per heavy atom. The van der Waals surface area contributed by atoms with Gasteiger partial charge in [0, 0.05) is 74.2 Å². The minimum Gasteiger partial charge on any atom is 0 e. The SMILES string of the molecule is [Al].[Au].[Cr].[Fe]. The molecule has 0 heterocycles. The Bertz CT molecular complexity index is 8.00. The van der Waals surface area contributed by atoms with Gasteiger partial charge in [-0.3, -0.25) is 0 Å². The van der Waals surface area contributed by atoms with Gasteiger partial charge in [0.2, 0.25) is 0 Å². The van der Waals surface area contributed by atoms with E-state index < -0.39 is 0 Å². The van der Waals surface area contributed by atoms with Crippen LogP contribution in [0.5, 0.6) is 0 Å². The van der Waals surface area contributed by atoms with Crippen molar-refractivity contribution in [2.45, 2.75) is 0 Å². The Morgan fingerprint density at radius 2 is 1.00 bits per heavy atom. The van der Waals surface area contributed by atoms with Gasteiger partial charge in [0.05, 0.1) is 0 Å². The van der Waals surface area contributed by atoms with Crippen LogP contribution in [-0.4, -0.2) is 17.4 Å². The molecule has 4 heavy (non-hydrogen) atoms. The number of rotatable bonds is 0. The average Bonchev–Trinajstić information content (AvgIpc) is 0. The van der Waals surface area contributed by atoms with E-state index in [1.165, 1.54) is 0 Å². The van der Waals surface area contributed by atoms with Gasteiger partial charge in [-0.05, 0) is 0 Å². The van der Waals surface area contributed by atoms with Crippen LogP contribution in [-0.2, 0) is 56.8 Å². The molecule has 0 amide bonds. The molecule has 0 aliphatic carbocycles. The molecule has 0 saturated heterocycles. The Balaban J connectivity index is 0. The monoisotopic (exact) mass is 332 g/mol. The minimum atomic E-state index is 0. The van der Waals surface area contributed by atoms with E-state index >= 15 is 0 Å². The first-order chi connectivity index (χ1) is 0. The van der Waals surface area contributed by atoms with Gasteiger partial charge >= 0.3 is 0 Å². The second-order valence-electron chi connectivity index (χ2n) is 0. The maximum atomic E-state index is 0. The Morgan fingerprint density at radius 1 is 1.00 bits per heavy atom. The van der Waals surface area contributed by atoms with Crippen molar-refractivity contribution in [1.29, 1.82) is 0 Å². The molecule has 0 unspecified atom stereocenters. The van der Waals surface area contributed by atoms with Gasteiger partial charge in [0.1, 0.15) is 0 Å². The van der Waals surface area contributed by atoms with E-state index in [1.807, 2.05) is 0 Å². The van der Waals surface area contributed by atoms with E-state index in [0.717, 1.165) is 0 Å². The van der Waals surface area contributed by atoms with E-state index in [0.29, 0.717) is 0 Å². The molecule has 0 N–H and O–H groups in total. The largest absolute Gasteiger partial charge is 0 e. The summed E-state index contributed by atoms with van der Waals surface area (Å²) in [6.45, 7) is 0. The molecule has 0 aromatic heterocycles. The first-order valence-corrected chi connectivity index (χ1v) is 0. The summed E-state index contributed by atoms with van der Waals surface area (Å²) in [6, 6.07) is 0. The molecule has 0 nitrogen and oxygen atoms in total. The molecular formula is AlAuCrFe. The molecule has 0 saturated carbocycles. The third-order valence-corrected chi connectivity index (χ3v) is 0. The molecule has 0 fully saturated rings. The summed E-state index contributed by atoms with van der Waals surface area (Å²) >= 11 is 0. The van der Waals surface area contributed by atoms with Gasteiger partial charge < -0.3 is 0 Å². The van der Waals surface area contributed by atoms with Crippen LogP contribution in [0.4, 0.5) is 0 Å². The van der Waals surface area contributed by atoms with Crippen molar-refractivity contribution in [2.24, 2.45) is 0 Å². The van der Waals surface area contributed by atoms with Crippen molar-refractivity contribution in [3.63, 3.8) is 0 Å². The van der Waals surface area contributed by atoms with Gasteiger partial charge in [-0.25, -0.2) is 0 Å². The van der Waals surface area contributed by atoms with Crippen LogP contribution >= 0.6 is 0 Å². The molecule has 0 aromatic carbocycles. The van der Waals surface area contributed by atoms with Crippen LogP contribution in [0.25, 0.3) is 0 Å². The van der Waals surface area contributed by atoms with Gasteiger partial charge in [0.15, 0.2) is 0 Å². The average molecular weight is 332 g/mol. The Hall–Kier alpha value is 2.32. The summed E-state index contributed by atoms with van der Waals surface area (Å²) in [5, 5.41) is 0. The minimum absolute atomic E-state index is 0. The number of hydrogen-bond donors (Lipinski definition) is 0. The van der Waals surface area contributed by atoms with Gasteiger partial charge in [-0.15, -0.1) is 0 Å². The fourth-order valence-electron chi connectivity index (χ4n) is 0. The molecule has 0 atom stereocenters. The summed E-state index contributed by atoms with van der Waals surface area (Å²) in [7, 11) is 0. The van der Waals surface area contributed by atoms with E-state index in [9.17, 15) is 0 Å². The zero-order chi connectivity index (χ0) is 0. The summed E-state index contributed by atoms with van der Waals surface area (Å²) in [5.41, 5.74) is 0. The molecule has 0 rings (SSSR count). The third kappa shape index (κ3) is 8.85. The molecule has 0 aromatic rings. The van der Waals surface area contributed by atoms with E-state index in [1.54, 1.807) is 0 Å².